The number of aryl methyl sites for hydroxylation is 4. The highest BCUT2D eigenvalue weighted by Crippen LogP contribution is 2.39. The van der Waals surface area contributed by atoms with Crippen LogP contribution >= 0.6 is 0 Å². The van der Waals surface area contributed by atoms with E-state index in [0.29, 0.717) is 0 Å². The Kier molecular flexibility index (Phi) is 7.26. The summed E-state index contributed by atoms with van der Waals surface area (Å²) in [6, 6.07) is 37.2. The summed E-state index contributed by atoms with van der Waals surface area (Å²) in [5.74, 6) is 0. The molecule has 0 atom stereocenters. The van der Waals surface area contributed by atoms with E-state index in [1.165, 1.54) is 27.8 Å². The quantitative estimate of drug-likeness (QED) is 0.187. The molecule has 0 N–H and O–H groups in total. The van der Waals surface area contributed by atoms with Crippen molar-refractivity contribution in [2.45, 2.75) is 34.1 Å². The number of benzene rings is 4. The highest BCUT2D eigenvalue weighted by atomic mass is 15.1. The lowest BCUT2D eigenvalue weighted by Gasteiger charge is -2.27. The molecule has 7 rings (SSSR count). The zero-order valence-electron chi connectivity index (χ0n) is 26.3. The third-order valence-corrected chi connectivity index (χ3v) is 8.83. The molecule has 0 aliphatic heterocycles. The van der Waals surface area contributed by atoms with Gasteiger partial charge >= 0.3 is 0 Å². The average molecular weight is 585 g/mol. The lowest BCUT2D eigenvalue weighted by molar-refractivity contribution is 1.12. The van der Waals surface area contributed by atoms with Crippen molar-refractivity contribution in [3.63, 3.8) is 0 Å². The van der Waals surface area contributed by atoms with Crippen molar-refractivity contribution < 1.29 is 0 Å². The Hall–Kier alpha value is -5.48. The minimum atomic E-state index is 0.992. The highest BCUT2D eigenvalue weighted by molar-refractivity contribution is 6.07. The van der Waals surface area contributed by atoms with Crippen LogP contribution in [0.15, 0.2) is 122 Å². The molecule has 0 radical (unpaired) electrons. The molecule has 4 heteroatoms. The fourth-order valence-corrected chi connectivity index (χ4v) is 6.46. The van der Waals surface area contributed by atoms with Crippen LogP contribution < -0.4 is 4.90 Å². The van der Waals surface area contributed by atoms with Gasteiger partial charge in [-0.15, -0.1) is 0 Å². The van der Waals surface area contributed by atoms with Crippen LogP contribution in [0.1, 0.15) is 34.9 Å². The van der Waals surface area contributed by atoms with Gasteiger partial charge in [0.1, 0.15) is 0 Å². The second-order valence-electron chi connectivity index (χ2n) is 11.6. The van der Waals surface area contributed by atoms with E-state index in [2.05, 4.69) is 140 Å². The molecular weight excluding hydrogens is 548 g/mol. The van der Waals surface area contributed by atoms with Crippen LogP contribution in [0.2, 0.25) is 0 Å². The Morgan fingerprint density at radius 3 is 2.13 bits per heavy atom. The Bertz CT molecular complexity index is 2200. The number of hydrogen-bond acceptors (Lipinski definition) is 3. The van der Waals surface area contributed by atoms with Gasteiger partial charge in [0.25, 0.3) is 0 Å². The molecule has 0 saturated carbocycles. The smallest absolute Gasteiger partial charge is 0.0963 e. The average Bonchev–Trinajstić information content (AvgIpc) is 3.40. The topological polar surface area (TPSA) is 34.0 Å². The fourth-order valence-electron chi connectivity index (χ4n) is 6.46. The summed E-state index contributed by atoms with van der Waals surface area (Å²) in [6.45, 7) is 12.6. The van der Waals surface area contributed by atoms with Crippen LogP contribution in [0.25, 0.3) is 44.8 Å². The van der Waals surface area contributed by atoms with Gasteiger partial charge in [0.05, 0.1) is 27.9 Å². The Balaban J connectivity index is 1.30. The maximum absolute atomic E-state index is 4.75. The van der Waals surface area contributed by atoms with Crippen molar-refractivity contribution in [1.82, 2.24) is 14.5 Å². The second kappa shape index (κ2) is 11.5. The van der Waals surface area contributed by atoms with Crippen molar-refractivity contribution in [3.8, 4) is 16.8 Å². The molecule has 0 saturated heterocycles. The first-order valence-electron chi connectivity index (χ1n) is 15.5. The van der Waals surface area contributed by atoms with Gasteiger partial charge in [-0.25, -0.2) is 0 Å². The molecule has 0 bridgehead atoms. The highest BCUT2D eigenvalue weighted by Gasteiger charge is 2.18. The van der Waals surface area contributed by atoms with Crippen LogP contribution in [0.5, 0.6) is 0 Å². The Labute approximate surface area is 265 Å². The first-order chi connectivity index (χ1) is 22.0. The van der Waals surface area contributed by atoms with E-state index in [1.54, 1.807) is 0 Å². The van der Waals surface area contributed by atoms with E-state index in [-0.39, 0.29) is 0 Å². The second-order valence-corrected chi connectivity index (χ2v) is 11.6. The number of fused-ring (bicyclic) bond motifs is 3. The van der Waals surface area contributed by atoms with Gasteiger partial charge in [0.2, 0.25) is 0 Å². The number of rotatable bonds is 7. The van der Waals surface area contributed by atoms with Crippen LogP contribution in [0.3, 0.4) is 0 Å². The normalized spacial score (nSPS) is 11.3. The summed E-state index contributed by atoms with van der Waals surface area (Å²) >= 11 is 0. The minimum absolute atomic E-state index is 0.992. The van der Waals surface area contributed by atoms with E-state index < -0.39 is 0 Å². The third-order valence-electron chi connectivity index (χ3n) is 8.83. The summed E-state index contributed by atoms with van der Waals surface area (Å²) in [7, 11) is 0. The SMILES string of the molecule is C=Cc1ccc2c(c1)c1ncccc1n2-c1ccc(-c2ccc(N(c3ccc(CC)cc3)c3cccnc3C)cc2C)c(C)c1. The van der Waals surface area contributed by atoms with Gasteiger partial charge in [-0.2, -0.15) is 0 Å². The number of nitrogens with zero attached hydrogens (tertiary/aromatic N) is 4. The molecule has 4 nitrogen and oxygen atoms in total. The van der Waals surface area contributed by atoms with Crippen LogP contribution in [-0.4, -0.2) is 14.5 Å². The minimum Gasteiger partial charge on any atom is -0.309 e. The van der Waals surface area contributed by atoms with E-state index in [1.807, 2.05) is 30.6 Å². The molecule has 0 amide bonds. The summed E-state index contributed by atoms with van der Waals surface area (Å²) in [5.41, 5.74) is 16.0. The monoisotopic (exact) mass is 584 g/mol. The Morgan fingerprint density at radius 2 is 1.42 bits per heavy atom. The molecule has 7 aromatic rings. The van der Waals surface area contributed by atoms with Gasteiger partial charge in [-0.05, 0) is 133 Å². The molecule has 3 aromatic heterocycles. The van der Waals surface area contributed by atoms with Crippen molar-refractivity contribution in [2.24, 2.45) is 0 Å². The molecule has 0 spiro atoms. The zero-order chi connectivity index (χ0) is 31.1. The van der Waals surface area contributed by atoms with Gasteiger partial charge in [-0.3, -0.25) is 9.97 Å². The maximum Gasteiger partial charge on any atom is 0.0963 e. The van der Waals surface area contributed by atoms with Gasteiger partial charge in [-0.1, -0.05) is 49.9 Å². The van der Waals surface area contributed by atoms with Crippen molar-refractivity contribution in [2.75, 3.05) is 4.90 Å². The van der Waals surface area contributed by atoms with Crippen LogP contribution in [0.4, 0.5) is 17.1 Å². The molecule has 4 aromatic carbocycles. The molecule has 0 unspecified atom stereocenters. The largest absolute Gasteiger partial charge is 0.309 e. The van der Waals surface area contributed by atoms with Crippen LogP contribution in [-0.2, 0) is 6.42 Å². The van der Waals surface area contributed by atoms with E-state index >= 15 is 0 Å². The van der Waals surface area contributed by atoms with Crippen molar-refractivity contribution in [3.05, 3.63) is 150 Å². The van der Waals surface area contributed by atoms with Gasteiger partial charge < -0.3 is 9.47 Å². The molecule has 220 valence electrons. The summed E-state index contributed by atoms with van der Waals surface area (Å²) in [6.07, 6.45) is 6.62. The standard InChI is InChI=1S/C41H36N4/c1-6-30-12-15-32(16-13-30)44(38-10-8-22-42-29(38)5)33-17-19-35(27(3)24-33)36-20-18-34(25-28(36)4)45-39-21-14-31(7-2)26-37(39)41-40(45)11-9-23-43-41/h7-26H,2,6H2,1,3-5H3. The lowest BCUT2D eigenvalue weighted by atomic mass is 9.95. The molecular formula is C41H36N4. The zero-order valence-corrected chi connectivity index (χ0v) is 26.3. The molecule has 0 fully saturated rings. The first-order valence-corrected chi connectivity index (χ1v) is 15.5. The summed E-state index contributed by atoms with van der Waals surface area (Å²) in [4.78, 5) is 11.7. The number of hydrogen-bond donors (Lipinski definition) is 0. The lowest BCUT2D eigenvalue weighted by Crippen LogP contribution is -2.12. The number of pyridine rings is 2. The maximum atomic E-state index is 4.75. The van der Waals surface area contributed by atoms with E-state index in [9.17, 15) is 0 Å². The van der Waals surface area contributed by atoms with Crippen molar-refractivity contribution >= 4 is 45.1 Å². The molecule has 0 aliphatic carbocycles. The Morgan fingerprint density at radius 1 is 0.711 bits per heavy atom. The first kappa shape index (κ1) is 28.3. The third kappa shape index (κ3) is 4.98. The predicted octanol–water partition coefficient (Wildman–Crippen LogP) is 10.8. The molecule has 45 heavy (non-hydrogen) atoms. The molecule has 3 heterocycles. The van der Waals surface area contributed by atoms with Gasteiger partial charge in [0.15, 0.2) is 0 Å². The fraction of sp³-hybridized carbons (Fsp3) is 0.122. The number of anilines is 3. The summed E-state index contributed by atoms with van der Waals surface area (Å²) in [5, 5.41) is 1.13. The summed E-state index contributed by atoms with van der Waals surface area (Å²) < 4.78 is 2.31. The number of aromatic nitrogens is 3. The van der Waals surface area contributed by atoms with Gasteiger partial charge in [0, 0.05) is 34.8 Å². The predicted molar refractivity (Wildman–Crippen MR) is 190 cm³/mol. The van der Waals surface area contributed by atoms with Crippen molar-refractivity contribution in [1.29, 1.82) is 0 Å². The molecule has 0 aliphatic rings. The van der Waals surface area contributed by atoms with E-state index in [0.717, 1.165) is 62.4 Å². The van der Waals surface area contributed by atoms with E-state index in [4.69, 9.17) is 4.98 Å². The van der Waals surface area contributed by atoms with Crippen LogP contribution in [0, 0.1) is 20.8 Å².